The third-order valence-corrected chi connectivity index (χ3v) is 3.49. The maximum atomic E-state index is 11.3. The fourth-order valence-corrected chi connectivity index (χ4v) is 2.18. The van der Waals surface area contributed by atoms with E-state index in [0.29, 0.717) is 11.7 Å². The molecule has 56 valence electrons. The molecule has 0 N–H and O–H groups in total. The zero-order valence-electron chi connectivity index (χ0n) is 6.52. The maximum Gasteiger partial charge on any atom is 0.0181 e. The lowest BCUT2D eigenvalue weighted by Gasteiger charge is -2.07. The van der Waals surface area contributed by atoms with Crippen LogP contribution < -0.4 is 0 Å². The van der Waals surface area contributed by atoms with Crippen LogP contribution in [0.4, 0.5) is 0 Å². The second-order valence-corrected chi connectivity index (χ2v) is 5.66. The van der Waals surface area contributed by atoms with Crippen LogP contribution in [0.3, 0.4) is 0 Å². The number of rotatable bonds is 3. The van der Waals surface area contributed by atoms with Crippen LogP contribution in [0.2, 0.25) is 0 Å². The number of hydrogen-bond acceptors (Lipinski definition) is 1. The zero-order valence-corrected chi connectivity index (χ0v) is 7.33. The first-order valence-electron chi connectivity index (χ1n) is 3.30. The Balaban J connectivity index is 3.90. The van der Waals surface area contributed by atoms with Crippen molar-refractivity contribution in [3.8, 4) is 0 Å². The summed E-state index contributed by atoms with van der Waals surface area (Å²) in [5, 5.41) is 0. The molecule has 0 saturated heterocycles. The number of hydrogen-bond donors (Lipinski definition) is 0. The van der Waals surface area contributed by atoms with Gasteiger partial charge in [-0.1, -0.05) is 20.8 Å². The molecule has 1 nitrogen and oxygen atoms in total. The summed E-state index contributed by atoms with van der Waals surface area (Å²) in [4.78, 5) is 0. The SMILES string of the molecule is C=S(=O)(CC)CC(C)C. The van der Waals surface area contributed by atoms with Gasteiger partial charge >= 0.3 is 0 Å². The van der Waals surface area contributed by atoms with E-state index in [1.165, 1.54) is 0 Å². The average Bonchev–Trinajstić information content (AvgIpc) is 1.63. The molecular weight excluding hydrogens is 132 g/mol. The lowest BCUT2D eigenvalue weighted by molar-refractivity contribution is 0.663. The summed E-state index contributed by atoms with van der Waals surface area (Å²) in [5.74, 6) is 5.65. The molecule has 0 fully saturated rings. The smallest absolute Gasteiger partial charge is 0.0181 e. The molecule has 2 heteroatoms. The van der Waals surface area contributed by atoms with E-state index in [2.05, 4.69) is 19.7 Å². The van der Waals surface area contributed by atoms with E-state index >= 15 is 0 Å². The van der Waals surface area contributed by atoms with Crippen LogP contribution in [0.15, 0.2) is 0 Å². The Labute approximate surface area is 58.5 Å². The van der Waals surface area contributed by atoms with E-state index in [1.807, 2.05) is 6.92 Å². The van der Waals surface area contributed by atoms with Gasteiger partial charge in [0.1, 0.15) is 0 Å². The quantitative estimate of drug-likeness (QED) is 0.553. The van der Waals surface area contributed by atoms with E-state index in [9.17, 15) is 4.21 Å². The van der Waals surface area contributed by atoms with Crippen molar-refractivity contribution < 1.29 is 4.21 Å². The molecule has 0 amide bonds. The van der Waals surface area contributed by atoms with Gasteiger partial charge in [0.15, 0.2) is 0 Å². The second kappa shape index (κ2) is 3.25. The predicted molar refractivity (Wildman–Crippen MR) is 45.5 cm³/mol. The Morgan fingerprint density at radius 2 is 2.00 bits per heavy atom. The molecular formula is C7H16OS. The highest BCUT2D eigenvalue weighted by molar-refractivity contribution is 8.00. The van der Waals surface area contributed by atoms with E-state index in [4.69, 9.17) is 0 Å². The summed E-state index contributed by atoms with van der Waals surface area (Å²) >= 11 is 0. The molecule has 0 aromatic heterocycles. The van der Waals surface area contributed by atoms with E-state index in [0.717, 1.165) is 5.75 Å². The van der Waals surface area contributed by atoms with Gasteiger partial charge in [-0.15, -0.1) is 0 Å². The van der Waals surface area contributed by atoms with Crippen molar-refractivity contribution in [2.75, 3.05) is 11.5 Å². The average molecular weight is 148 g/mol. The van der Waals surface area contributed by atoms with Gasteiger partial charge in [-0.25, -0.2) is 0 Å². The van der Waals surface area contributed by atoms with E-state index in [1.54, 1.807) is 0 Å². The Kier molecular flexibility index (Phi) is 3.26. The van der Waals surface area contributed by atoms with Crippen LogP contribution >= 0.6 is 0 Å². The Hall–Kier alpha value is 0.0200. The Bertz CT molecular complexity index is 154. The van der Waals surface area contributed by atoms with Gasteiger partial charge in [-0.05, 0) is 21.3 Å². The summed E-state index contributed by atoms with van der Waals surface area (Å²) in [6.07, 6.45) is 0. The minimum atomic E-state index is -1.72. The van der Waals surface area contributed by atoms with E-state index in [-0.39, 0.29) is 0 Å². The first kappa shape index (κ1) is 9.02. The molecule has 9 heavy (non-hydrogen) atoms. The third-order valence-electron chi connectivity index (χ3n) is 1.16. The maximum absolute atomic E-state index is 11.3. The van der Waals surface area contributed by atoms with Crippen LogP contribution in [0.5, 0.6) is 0 Å². The molecule has 1 unspecified atom stereocenters. The highest BCUT2D eigenvalue weighted by atomic mass is 32.2. The lowest BCUT2D eigenvalue weighted by Crippen LogP contribution is -2.12. The lowest BCUT2D eigenvalue weighted by atomic mass is 10.3. The Morgan fingerprint density at radius 3 is 2.11 bits per heavy atom. The largest absolute Gasteiger partial charge is 0.268 e. The standard InChI is InChI=1S/C7H16OS/c1-5-9(4,8)6-7(2)3/h7H,4-6H2,1-3H3. The Morgan fingerprint density at radius 1 is 1.56 bits per heavy atom. The van der Waals surface area contributed by atoms with Gasteiger partial charge in [0.25, 0.3) is 0 Å². The molecule has 0 aliphatic rings. The van der Waals surface area contributed by atoms with Crippen molar-refractivity contribution in [3.05, 3.63) is 0 Å². The highest BCUT2D eigenvalue weighted by Gasteiger charge is 2.02. The molecule has 1 atom stereocenters. The fraction of sp³-hybridized carbons (Fsp3) is 0.857. The van der Waals surface area contributed by atoms with Crippen molar-refractivity contribution in [2.24, 2.45) is 5.92 Å². The van der Waals surface area contributed by atoms with Crippen LogP contribution in [0.1, 0.15) is 20.8 Å². The first-order chi connectivity index (χ1) is 3.98. The topological polar surface area (TPSA) is 17.1 Å². The summed E-state index contributed by atoms with van der Waals surface area (Å²) < 4.78 is 11.3. The molecule has 0 aliphatic heterocycles. The van der Waals surface area contributed by atoms with Gasteiger partial charge in [0, 0.05) is 11.5 Å². The van der Waals surface area contributed by atoms with Gasteiger partial charge in [-0.2, -0.15) is 0 Å². The normalized spacial score (nSPS) is 17.8. The van der Waals surface area contributed by atoms with Crippen molar-refractivity contribution in [2.45, 2.75) is 20.8 Å². The summed E-state index contributed by atoms with van der Waals surface area (Å²) in [6, 6.07) is 0. The fourth-order valence-electron chi connectivity index (χ4n) is 0.725. The van der Waals surface area contributed by atoms with Crippen molar-refractivity contribution in [3.63, 3.8) is 0 Å². The highest BCUT2D eigenvalue weighted by Crippen LogP contribution is 1.99. The molecule has 0 saturated carbocycles. The van der Waals surface area contributed by atoms with Crippen LogP contribution in [0, 0.1) is 5.92 Å². The van der Waals surface area contributed by atoms with Crippen LogP contribution in [0.25, 0.3) is 0 Å². The molecule has 0 spiro atoms. The molecule has 0 aromatic rings. The van der Waals surface area contributed by atoms with Gasteiger partial charge in [0.05, 0.1) is 0 Å². The molecule has 0 aromatic carbocycles. The monoisotopic (exact) mass is 148 g/mol. The summed E-state index contributed by atoms with van der Waals surface area (Å²) in [7, 11) is -1.72. The molecule has 0 bridgehead atoms. The van der Waals surface area contributed by atoms with Crippen molar-refractivity contribution in [1.82, 2.24) is 0 Å². The second-order valence-electron chi connectivity index (χ2n) is 2.82. The molecule has 0 rings (SSSR count). The summed E-state index contributed by atoms with van der Waals surface area (Å²) in [6.45, 7) is 6.07. The van der Waals surface area contributed by atoms with Crippen LogP contribution in [-0.2, 0) is 9.52 Å². The zero-order chi connectivity index (χ0) is 7.49. The molecule has 0 heterocycles. The minimum absolute atomic E-state index is 0.509. The van der Waals surface area contributed by atoms with Gasteiger partial charge < -0.3 is 0 Å². The summed E-state index contributed by atoms with van der Waals surface area (Å²) in [5.41, 5.74) is 0. The van der Waals surface area contributed by atoms with Crippen molar-refractivity contribution in [1.29, 1.82) is 0 Å². The first-order valence-corrected chi connectivity index (χ1v) is 5.37. The van der Waals surface area contributed by atoms with E-state index < -0.39 is 9.52 Å². The van der Waals surface area contributed by atoms with Gasteiger partial charge in [0.2, 0.25) is 0 Å². The predicted octanol–water partition coefficient (Wildman–Crippen LogP) is 1.38. The van der Waals surface area contributed by atoms with Crippen LogP contribution in [-0.4, -0.2) is 21.6 Å². The molecule has 0 aliphatic carbocycles. The third kappa shape index (κ3) is 4.52. The van der Waals surface area contributed by atoms with Crippen molar-refractivity contribution >= 4 is 15.4 Å². The van der Waals surface area contributed by atoms with Gasteiger partial charge in [-0.3, -0.25) is 4.21 Å². The molecule has 0 radical (unpaired) electrons. The minimum Gasteiger partial charge on any atom is -0.268 e.